The first kappa shape index (κ1) is 20.4. The molecule has 0 saturated carbocycles. The first-order chi connectivity index (χ1) is 13.0. The molecule has 0 spiro atoms. The van der Waals surface area contributed by atoms with Crippen LogP contribution in [0.2, 0.25) is 0 Å². The number of fused-ring (bicyclic) bond motifs is 1. The van der Waals surface area contributed by atoms with Gasteiger partial charge in [0.1, 0.15) is 0 Å². The maximum Gasteiger partial charge on any atom is 0.491 e. The minimum Gasteiger partial charge on any atom is -0.423 e. The monoisotopic (exact) mass is 413 g/mol. The minimum absolute atomic E-state index is 0.203. The number of alkyl halides is 3. The zero-order valence-electron chi connectivity index (χ0n) is 14.6. The number of nitrogens with one attached hydrogen (secondary N) is 1. The van der Waals surface area contributed by atoms with Crippen LogP contribution in [0.3, 0.4) is 0 Å². The number of carbonyl (C=O) groups is 1. The Morgan fingerprint density at radius 2 is 1.96 bits per heavy atom. The van der Waals surface area contributed by atoms with Gasteiger partial charge in [0.25, 0.3) is 0 Å². The van der Waals surface area contributed by atoms with E-state index in [2.05, 4.69) is 0 Å². The topological polar surface area (TPSA) is 92.7 Å². The largest absolute Gasteiger partial charge is 0.491 e. The third kappa shape index (κ3) is 4.21. The number of anilines is 1. The highest BCUT2D eigenvalue weighted by molar-refractivity contribution is 7.90. The van der Waals surface area contributed by atoms with Crippen molar-refractivity contribution in [1.29, 1.82) is 0 Å². The Morgan fingerprint density at radius 3 is 2.64 bits per heavy atom. The van der Waals surface area contributed by atoms with Gasteiger partial charge in [-0.3, -0.25) is 4.79 Å². The van der Waals surface area contributed by atoms with Gasteiger partial charge in [0, 0.05) is 0 Å². The molecular formula is C17H15BF3NO5S. The zero-order chi connectivity index (χ0) is 20.7. The lowest BCUT2D eigenvalue weighted by Gasteiger charge is -2.14. The van der Waals surface area contributed by atoms with Crippen LogP contribution in [0.4, 0.5) is 18.9 Å². The van der Waals surface area contributed by atoms with Crippen LogP contribution in [0, 0.1) is 6.92 Å². The summed E-state index contributed by atoms with van der Waals surface area (Å²) in [5.41, 5.74) is 1.54. The number of benzene rings is 2. The van der Waals surface area contributed by atoms with Crippen molar-refractivity contribution < 1.29 is 36.1 Å². The molecule has 0 unspecified atom stereocenters. The van der Waals surface area contributed by atoms with Crippen molar-refractivity contribution in [2.24, 2.45) is 0 Å². The first-order valence-electron chi connectivity index (χ1n) is 8.10. The van der Waals surface area contributed by atoms with Gasteiger partial charge in [-0.05, 0) is 41.2 Å². The van der Waals surface area contributed by atoms with E-state index in [0.717, 1.165) is 17.7 Å². The van der Waals surface area contributed by atoms with Crippen molar-refractivity contribution >= 4 is 34.0 Å². The van der Waals surface area contributed by atoms with Crippen LogP contribution in [0.15, 0.2) is 41.3 Å². The Morgan fingerprint density at radius 1 is 1.25 bits per heavy atom. The highest BCUT2D eigenvalue weighted by Gasteiger charge is 2.39. The number of aryl methyl sites for hydroxylation is 1. The maximum absolute atomic E-state index is 12.8. The Balaban J connectivity index is 1.94. The standard InChI is InChI=1S/C17H15BF3NO5S/c1-10-2-5-15(14(6-10)22-16(23)17(19,20)21)28(25,26)9-11-3-4-12-8-27-18(24)13(12)7-11/h2-7,24H,8-9H2,1H3,(H,22,23). The average molecular weight is 413 g/mol. The molecule has 0 fully saturated rings. The second kappa shape index (κ2) is 7.23. The van der Waals surface area contributed by atoms with Gasteiger partial charge in [-0.1, -0.05) is 24.3 Å². The van der Waals surface area contributed by atoms with E-state index in [9.17, 15) is 31.4 Å². The Labute approximate surface area is 159 Å². The fraction of sp³-hybridized carbons (Fsp3) is 0.235. The van der Waals surface area contributed by atoms with Crippen molar-refractivity contribution in [3.8, 4) is 0 Å². The third-order valence-corrected chi connectivity index (χ3v) is 5.95. The number of carbonyl (C=O) groups excluding carboxylic acids is 1. The van der Waals surface area contributed by atoms with Gasteiger partial charge < -0.3 is 15.0 Å². The van der Waals surface area contributed by atoms with E-state index in [1.165, 1.54) is 12.1 Å². The van der Waals surface area contributed by atoms with E-state index >= 15 is 0 Å². The van der Waals surface area contributed by atoms with E-state index in [1.807, 2.05) is 0 Å². The van der Waals surface area contributed by atoms with E-state index < -0.39 is 45.4 Å². The lowest BCUT2D eigenvalue weighted by atomic mass is 9.79. The number of amides is 1. The van der Waals surface area contributed by atoms with Gasteiger partial charge in [-0.25, -0.2) is 8.42 Å². The Kier molecular flexibility index (Phi) is 5.26. The van der Waals surface area contributed by atoms with Crippen molar-refractivity contribution in [2.75, 3.05) is 5.32 Å². The molecule has 0 saturated heterocycles. The summed E-state index contributed by atoms with van der Waals surface area (Å²) in [7, 11) is -5.25. The minimum atomic E-state index is -5.15. The molecule has 2 aromatic rings. The summed E-state index contributed by atoms with van der Waals surface area (Å²) >= 11 is 0. The van der Waals surface area contributed by atoms with Crippen molar-refractivity contribution in [1.82, 2.24) is 0 Å². The van der Waals surface area contributed by atoms with Crippen molar-refractivity contribution in [2.45, 2.75) is 30.4 Å². The van der Waals surface area contributed by atoms with Crippen LogP contribution in [-0.4, -0.2) is 32.6 Å². The van der Waals surface area contributed by atoms with Crippen LogP contribution in [0.1, 0.15) is 16.7 Å². The quantitative estimate of drug-likeness (QED) is 0.745. The van der Waals surface area contributed by atoms with Gasteiger partial charge in [0.2, 0.25) is 0 Å². The summed E-state index contributed by atoms with van der Waals surface area (Å²) in [6.07, 6.45) is -5.15. The van der Waals surface area contributed by atoms with Crippen LogP contribution in [0.5, 0.6) is 0 Å². The fourth-order valence-corrected chi connectivity index (χ4v) is 4.35. The molecule has 0 aromatic heterocycles. The smallest absolute Gasteiger partial charge is 0.423 e. The summed E-state index contributed by atoms with van der Waals surface area (Å²) in [5.74, 6) is -2.78. The van der Waals surface area contributed by atoms with E-state index in [-0.39, 0.29) is 6.61 Å². The molecule has 28 heavy (non-hydrogen) atoms. The van der Waals surface area contributed by atoms with Gasteiger partial charge in [-0.15, -0.1) is 0 Å². The molecular weight excluding hydrogens is 398 g/mol. The summed E-state index contributed by atoms with van der Waals surface area (Å²) in [6, 6.07) is 8.39. The van der Waals surface area contributed by atoms with Crippen molar-refractivity contribution in [3.63, 3.8) is 0 Å². The van der Waals surface area contributed by atoms with Crippen LogP contribution in [0.25, 0.3) is 0 Å². The normalized spacial score (nSPS) is 14.1. The van der Waals surface area contributed by atoms with E-state index in [0.29, 0.717) is 16.6 Å². The number of halogens is 3. The first-order valence-corrected chi connectivity index (χ1v) is 9.75. The predicted molar refractivity (Wildman–Crippen MR) is 95.6 cm³/mol. The molecule has 11 heteroatoms. The Hall–Kier alpha value is -2.37. The lowest BCUT2D eigenvalue weighted by molar-refractivity contribution is -0.167. The zero-order valence-corrected chi connectivity index (χ0v) is 15.4. The lowest BCUT2D eigenvalue weighted by Crippen LogP contribution is -2.30. The second-order valence-electron chi connectivity index (χ2n) is 6.41. The molecule has 2 aromatic carbocycles. The van der Waals surface area contributed by atoms with Crippen LogP contribution in [-0.2, 0) is 31.6 Å². The summed E-state index contributed by atoms with van der Waals surface area (Å²) in [5, 5.41) is 11.4. The molecule has 6 nitrogen and oxygen atoms in total. The molecule has 1 aliphatic heterocycles. The van der Waals surface area contributed by atoms with Gasteiger partial charge in [-0.2, -0.15) is 13.2 Å². The summed E-state index contributed by atoms with van der Waals surface area (Å²) in [4.78, 5) is 10.9. The van der Waals surface area contributed by atoms with Gasteiger partial charge in [0.05, 0.1) is 22.9 Å². The van der Waals surface area contributed by atoms with E-state index in [1.54, 1.807) is 24.4 Å². The molecule has 0 atom stereocenters. The fourth-order valence-electron chi connectivity index (χ4n) is 2.86. The predicted octanol–water partition coefficient (Wildman–Crippen LogP) is 1.69. The molecule has 2 N–H and O–H groups in total. The number of hydrogen-bond donors (Lipinski definition) is 2. The second-order valence-corrected chi connectivity index (χ2v) is 8.37. The average Bonchev–Trinajstić information content (AvgIpc) is 2.94. The molecule has 0 radical (unpaired) electrons. The molecule has 1 aliphatic rings. The van der Waals surface area contributed by atoms with E-state index in [4.69, 9.17) is 4.65 Å². The molecule has 0 aliphatic carbocycles. The molecule has 0 bridgehead atoms. The maximum atomic E-state index is 12.8. The third-order valence-electron chi connectivity index (χ3n) is 4.21. The number of sulfone groups is 1. The summed E-state index contributed by atoms with van der Waals surface area (Å²) < 4.78 is 68.4. The van der Waals surface area contributed by atoms with Gasteiger partial charge >= 0.3 is 19.2 Å². The number of hydrogen-bond acceptors (Lipinski definition) is 5. The van der Waals surface area contributed by atoms with Crippen LogP contribution >= 0.6 is 0 Å². The van der Waals surface area contributed by atoms with Gasteiger partial charge in [0.15, 0.2) is 9.84 Å². The Bertz CT molecular complexity index is 1040. The summed E-state index contributed by atoms with van der Waals surface area (Å²) in [6.45, 7) is 1.76. The SMILES string of the molecule is Cc1ccc(S(=O)(=O)Cc2ccc3c(c2)B(O)OC3)c(NC(=O)C(F)(F)F)c1. The molecule has 1 amide bonds. The molecule has 1 heterocycles. The highest BCUT2D eigenvalue weighted by Crippen LogP contribution is 2.28. The molecule has 148 valence electrons. The molecule has 3 rings (SSSR count). The highest BCUT2D eigenvalue weighted by atomic mass is 32.2. The van der Waals surface area contributed by atoms with Crippen LogP contribution < -0.4 is 10.8 Å². The number of rotatable bonds is 4. The van der Waals surface area contributed by atoms with Crippen molar-refractivity contribution in [3.05, 3.63) is 53.1 Å².